The Morgan fingerprint density at radius 2 is 1.89 bits per heavy atom. The molecule has 2 heterocycles. The van der Waals surface area contributed by atoms with E-state index in [1.807, 2.05) is 36.4 Å². The van der Waals surface area contributed by atoms with Gasteiger partial charge < -0.3 is 15.4 Å². The molecule has 1 aliphatic heterocycles. The van der Waals surface area contributed by atoms with Crippen LogP contribution in [0.25, 0.3) is 11.4 Å². The number of halogens is 2. The third kappa shape index (κ3) is 4.58. The van der Waals surface area contributed by atoms with Crippen LogP contribution < -0.4 is 10.6 Å². The van der Waals surface area contributed by atoms with Crippen molar-refractivity contribution in [3.63, 3.8) is 0 Å². The average Bonchev–Trinajstić information content (AvgIpc) is 3.23. The number of aromatic nitrogens is 2. The Labute approximate surface area is 167 Å². The van der Waals surface area contributed by atoms with E-state index >= 15 is 0 Å². The van der Waals surface area contributed by atoms with Gasteiger partial charge in [0.15, 0.2) is 5.82 Å². The third-order valence-electron chi connectivity index (χ3n) is 4.48. The van der Waals surface area contributed by atoms with Crippen LogP contribution in [0.15, 0.2) is 54.6 Å². The minimum absolute atomic E-state index is 0.0547. The van der Waals surface area contributed by atoms with Crippen LogP contribution in [0.3, 0.4) is 0 Å². The van der Waals surface area contributed by atoms with Gasteiger partial charge in [0.2, 0.25) is 0 Å². The van der Waals surface area contributed by atoms with Gasteiger partial charge in [-0.2, -0.15) is 0 Å². The van der Waals surface area contributed by atoms with Crippen molar-refractivity contribution in [2.24, 2.45) is 0 Å². The molecule has 1 fully saturated rings. The number of hydrogen-bond donors (Lipinski definition) is 2. The van der Waals surface area contributed by atoms with Crippen LogP contribution in [0.5, 0.6) is 0 Å². The molecule has 0 spiro atoms. The molecule has 5 nitrogen and oxygen atoms in total. The summed E-state index contributed by atoms with van der Waals surface area (Å²) in [5.41, 5.74) is 1.55. The Bertz CT molecular complexity index is 948. The fourth-order valence-electron chi connectivity index (χ4n) is 3.06. The molecule has 1 unspecified atom stereocenters. The second-order valence-corrected chi connectivity index (χ2v) is 7.01. The zero-order chi connectivity index (χ0) is 19.3. The number of hydrogen-bond acceptors (Lipinski definition) is 5. The van der Waals surface area contributed by atoms with Gasteiger partial charge in [0.25, 0.3) is 0 Å². The lowest BCUT2D eigenvalue weighted by atomic mass is 10.2. The summed E-state index contributed by atoms with van der Waals surface area (Å²) < 4.78 is 19.1. The summed E-state index contributed by atoms with van der Waals surface area (Å²) in [6, 6.07) is 16.0. The molecule has 2 N–H and O–H groups in total. The molecule has 2 aromatic carbocycles. The molecule has 1 aliphatic rings. The second-order valence-electron chi connectivity index (χ2n) is 6.60. The van der Waals surface area contributed by atoms with E-state index in [2.05, 4.69) is 20.6 Å². The topological polar surface area (TPSA) is 59.1 Å². The lowest BCUT2D eigenvalue weighted by Crippen LogP contribution is -2.19. The minimum atomic E-state index is -0.459. The summed E-state index contributed by atoms with van der Waals surface area (Å²) in [6.45, 7) is 1.50. The summed E-state index contributed by atoms with van der Waals surface area (Å²) in [5, 5.41) is 6.57. The zero-order valence-corrected chi connectivity index (χ0v) is 15.9. The summed E-state index contributed by atoms with van der Waals surface area (Å²) in [7, 11) is 0. The summed E-state index contributed by atoms with van der Waals surface area (Å²) >= 11 is 5.89. The quantitative estimate of drug-likeness (QED) is 0.592. The number of nitrogens with one attached hydrogen (secondary N) is 2. The lowest BCUT2D eigenvalue weighted by molar-refractivity contribution is 0.120. The first-order valence-corrected chi connectivity index (χ1v) is 9.57. The maximum atomic E-state index is 13.4. The number of benzene rings is 2. The fraction of sp³-hybridized carbons (Fsp3) is 0.238. The van der Waals surface area contributed by atoms with Crippen LogP contribution in [0.2, 0.25) is 5.02 Å². The number of ether oxygens (including phenoxy) is 1. The molecule has 1 saturated heterocycles. The monoisotopic (exact) mass is 398 g/mol. The molecule has 0 radical (unpaired) electrons. The van der Waals surface area contributed by atoms with Gasteiger partial charge >= 0.3 is 0 Å². The first kappa shape index (κ1) is 18.7. The van der Waals surface area contributed by atoms with E-state index in [1.165, 1.54) is 12.1 Å². The predicted molar refractivity (Wildman–Crippen MR) is 110 cm³/mol. The van der Waals surface area contributed by atoms with Crippen LogP contribution in [0.4, 0.5) is 21.7 Å². The van der Waals surface area contributed by atoms with E-state index in [0.717, 1.165) is 25.0 Å². The smallest absolute Gasteiger partial charge is 0.163 e. The van der Waals surface area contributed by atoms with Crippen molar-refractivity contribution < 1.29 is 9.13 Å². The summed E-state index contributed by atoms with van der Waals surface area (Å²) in [5.74, 6) is 1.42. The van der Waals surface area contributed by atoms with E-state index in [-0.39, 0.29) is 11.1 Å². The van der Waals surface area contributed by atoms with Crippen LogP contribution >= 0.6 is 11.6 Å². The van der Waals surface area contributed by atoms with Gasteiger partial charge in [-0.3, -0.25) is 0 Å². The molecule has 4 rings (SSSR count). The van der Waals surface area contributed by atoms with Gasteiger partial charge in [-0.25, -0.2) is 14.4 Å². The highest BCUT2D eigenvalue weighted by Gasteiger charge is 2.16. The fourth-order valence-corrected chi connectivity index (χ4v) is 3.24. The van der Waals surface area contributed by atoms with E-state index in [4.69, 9.17) is 16.3 Å². The first-order valence-electron chi connectivity index (χ1n) is 9.19. The Balaban J connectivity index is 1.61. The maximum absolute atomic E-state index is 13.4. The lowest BCUT2D eigenvalue weighted by Gasteiger charge is -2.14. The van der Waals surface area contributed by atoms with Crippen molar-refractivity contribution in [3.05, 3.63) is 65.4 Å². The standard InChI is InChI=1S/C21H20ClFN4O/c22-17-11-15(8-9-18(17)23)25-20-12-19(24-13-16-7-4-10-28-16)26-21(27-20)14-5-2-1-3-6-14/h1-3,5-6,8-9,11-12,16H,4,7,10,13H2,(H2,24,25,26,27). The Morgan fingerprint density at radius 1 is 1.07 bits per heavy atom. The Morgan fingerprint density at radius 3 is 2.64 bits per heavy atom. The SMILES string of the molecule is Fc1ccc(Nc2cc(NCC3CCCO3)nc(-c3ccccc3)n2)cc1Cl. The molecule has 7 heteroatoms. The highest BCUT2D eigenvalue weighted by Crippen LogP contribution is 2.25. The Kier molecular flexibility index (Phi) is 5.69. The average molecular weight is 399 g/mol. The van der Waals surface area contributed by atoms with E-state index in [1.54, 1.807) is 6.07 Å². The first-order chi connectivity index (χ1) is 13.7. The van der Waals surface area contributed by atoms with Crippen molar-refractivity contribution >= 4 is 28.9 Å². The molecular weight excluding hydrogens is 379 g/mol. The van der Waals surface area contributed by atoms with Gasteiger partial charge in [0, 0.05) is 30.5 Å². The molecule has 0 aliphatic carbocycles. The highest BCUT2D eigenvalue weighted by atomic mass is 35.5. The summed E-state index contributed by atoms with van der Waals surface area (Å²) in [6.07, 6.45) is 2.33. The molecule has 0 saturated carbocycles. The molecule has 0 amide bonds. The second kappa shape index (κ2) is 8.54. The highest BCUT2D eigenvalue weighted by molar-refractivity contribution is 6.31. The van der Waals surface area contributed by atoms with Crippen LogP contribution in [0.1, 0.15) is 12.8 Å². The van der Waals surface area contributed by atoms with Gasteiger partial charge in [0.05, 0.1) is 11.1 Å². The van der Waals surface area contributed by atoms with Crippen LogP contribution in [0, 0.1) is 5.82 Å². The zero-order valence-electron chi connectivity index (χ0n) is 15.2. The van der Waals surface area contributed by atoms with Crippen molar-refractivity contribution in [2.75, 3.05) is 23.8 Å². The van der Waals surface area contributed by atoms with Gasteiger partial charge in [-0.15, -0.1) is 0 Å². The van der Waals surface area contributed by atoms with Crippen molar-refractivity contribution in [3.8, 4) is 11.4 Å². The largest absolute Gasteiger partial charge is 0.376 e. The van der Waals surface area contributed by atoms with Crippen molar-refractivity contribution in [1.29, 1.82) is 0 Å². The van der Waals surface area contributed by atoms with Crippen molar-refractivity contribution in [1.82, 2.24) is 9.97 Å². The van der Waals surface area contributed by atoms with E-state index in [0.29, 0.717) is 29.7 Å². The normalized spacial score (nSPS) is 16.1. The molecule has 1 aromatic heterocycles. The third-order valence-corrected chi connectivity index (χ3v) is 4.77. The summed E-state index contributed by atoms with van der Waals surface area (Å²) in [4.78, 5) is 9.23. The van der Waals surface area contributed by atoms with E-state index in [9.17, 15) is 4.39 Å². The molecule has 3 aromatic rings. The molecule has 144 valence electrons. The van der Waals surface area contributed by atoms with Crippen LogP contribution in [-0.2, 0) is 4.74 Å². The number of nitrogens with zero attached hydrogens (tertiary/aromatic N) is 2. The maximum Gasteiger partial charge on any atom is 0.163 e. The number of anilines is 3. The minimum Gasteiger partial charge on any atom is -0.376 e. The molecule has 28 heavy (non-hydrogen) atoms. The van der Waals surface area contributed by atoms with E-state index < -0.39 is 5.82 Å². The Hall–Kier alpha value is -2.70. The predicted octanol–water partition coefficient (Wildman–Crippen LogP) is 5.27. The van der Waals surface area contributed by atoms with Gasteiger partial charge in [-0.1, -0.05) is 41.9 Å². The number of rotatable bonds is 6. The van der Waals surface area contributed by atoms with Crippen LogP contribution in [-0.4, -0.2) is 29.2 Å². The molecule has 1 atom stereocenters. The molecular formula is C21H20ClFN4O. The van der Waals surface area contributed by atoms with Gasteiger partial charge in [0.1, 0.15) is 17.5 Å². The van der Waals surface area contributed by atoms with Gasteiger partial charge in [-0.05, 0) is 31.0 Å². The van der Waals surface area contributed by atoms with Crippen molar-refractivity contribution in [2.45, 2.75) is 18.9 Å². The molecule has 0 bridgehead atoms.